The topological polar surface area (TPSA) is 58.6 Å². The third-order valence-corrected chi connectivity index (χ3v) is 3.72. The van der Waals surface area contributed by atoms with Gasteiger partial charge in [0.05, 0.1) is 18.0 Å². The molecule has 1 heterocycles. The number of fused-ring (bicyclic) bond motifs is 1. The van der Waals surface area contributed by atoms with Crippen molar-refractivity contribution >= 4 is 23.3 Å². The van der Waals surface area contributed by atoms with Crippen molar-refractivity contribution in [2.75, 3.05) is 16.8 Å². The summed E-state index contributed by atoms with van der Waals surface area (Å²) in [6, 6.07) is 6.59. The minimum Gasteiger partial charge on any atom is -0.464 e. The lowest BCUT2D eigenvalue weighted by atomic mass is 10.0. The van der Waals surface area contributed by atoms with Gasteiger partial charge in [-0.25, -0.2) is 4.79 Å². The quantitative estimate of drug-likeness (QED) is 0.850. The number of rotatable bonds is 5. The highest BCUT2D eigenvalue weighted by Gasteiger charge is 2.37. The number of hydrogen-bond acceptors (Lipinski definition) is 4. The number of para-hydroxylation sites is 2. The van der Waals surface area contributed by atoms with E-state index in [1.807, 2.05) is 45.0 Å². The van der Waals surface area contributed by atoms with Crippen molar-refractivity contribution in [2.24, 2.45) is 5.92 Å². The van der Waals surface area contributed by atoms with Crippen molar-refractivity contribution < 1.29 is 14.3 Å². The summed E-state index contributed by atoms with van der Waals surface area (Å²) in [5.74, 6) is -0.186. The zero-order valence-corrected chi connectivity index (χ0v) is 13.6. The Morgan fingerprint density at radius 1 is 1.32 bits per heavy atom. The number of benzene rings is 1. The molecule has 0 spiro atoms. The molecule has 0 radical (unpaired) electrons. The molecule has 1 N–H and O–H groups in total. The predicted molar refractivity (Wildman–Crippen MR) is 86.9 cm³/mol. The molecule has 1 aliphatic heterocycles. The molecule has 1 amide bonds. The first-order chi connectivity index (χ1) is 10.5. The molecule has 2 atom stereocenters. The van der Waals surface area contributed by atoms with Crippen LogP contribution < -0.4 is 10.2 Å². The Kier molecular flexibility index (Phi) is 5.06. The summed E-state index contributed by atoms with van der Waals surface area (Å²) in [5, 5.41) is 3.23. The zero-order chi connectivity index (χ0) is 16.3. The van der Waals surface area contributed by atoms with Crippen LogP contribution in [0, 0.1) is 5.92 Å². The maximum atomic E-state index is 12.7. The van der Waals surface area contributed by atoms with Crippen molar-refractivity contribution in [3.63, 3.8) is 0 Å². The molecule has 0 fully saturated rings. The van der Waals surface area contributed by atoms with Crippen molar-refractivity contribution in [3.8, 4) is 0 Å². The van der Waals surface area contributed by atoms with E-state index in [2.05, 4.69) is 5.32 Å². The van der Waals surface area contributed by atoms with E-state index in [4.69, 9.17) is 4.74 Å². The van der Waals surface area contributed by atoms with Gasteiger partial charge in [-0.2, -0.15) is 0 Å². The van der Waals surface area contributed by atoms with Crippen LogP contribution in [-0.2, 0) is 14.3 Å². The highest BCUT2D eigenvalue weighted by atomic mass is 16.5. The SMILES string of the molecule is CCC1Nc2ccccc2N(C(C)C(=O)OCC(C)C)C1=O. The van der Waals surface area contributed by atoms with Gasteiger partial charge in [0.1, 0.15) is 12.1 Å². The Morgan fingerprint density at radius 2 is 2.00 bits per heavy atom. The largest absolute Gasteiger partial charge is 0.464 e. The fourth-order valence-corrected chi connectivity index (χ4v) is 2.49. The molecule has 5 heteroatoms. The molecule has 0 aliphatic carbocycles. The molecule has 120 valence electrons. The van der Waals surface area contributed by atoms with Gasteiger partial charge in [0, 0.05) is 0 Å². The predicted octanol–water partition coefficient (Wildman–Crippen LogP) is 2.81. The molecule has 0 bridgehead atoms. The van der Waals surface area contributed by atoms with E-state index in [1.54, 1.807) is 11.8 Å². The van der Waals surface area contributed by atoms with Crippen LogP contribution >= 0.6 is 0 Å². The molecule has 0 aromatic heterocycles. The second-order valence-electron chi connectivity index (χ2n) is 6.03. The van der Waals surface area contributed by atoms with Gasteiger partial charge in [0.25, 0.3) is 0 Å². The van der Waals surface area contributed by atoms with Crippen molar-refractivity contribution in [3.05, 3.63) is 24.3 Å². The smallest absolute Gasteiger partial charge is 0.328 e. The summed E-state index contributed by atoms with van der Waals surface area (Å²) >= 11 is 0. The number of carbonyl (C=O) groups is 2. The normalized spacial score (nSPS) is 18.7. The van der Waals surface area contributed by atoms with Crippen LogP contribution in [0.2, 0.25) is 0 Å². The number of ether oxygens (including phenoxy) is 1. The Hall–Kier alpha value is -2.04. The third kappa shape index (κ3) is 3.24. The molecule has 1 aromatic carbocycles. The van der Waals surface area contributed by atoms with Gasteiger partial charge in [0.15, 0.2) is 0 Å². The molecular formula is C17H24N2O3. The van der Waals surface area contributed by atoms with E-state index >= 15 is 0 Å². The van der Waals surface area contributed by atoms with Crippen molar-refractivity contribution in [1.29, 1.82) is 0 Å². The molecule has 0 saturated carbocycles. The maximum Gasteiger partial charge on any atom is 0.328 e. The van der Waals surface area contributed by atoms with Crippen LogP contribution in [0.3, 0.4) is 0 Å². The standard InChI is InChI=1S/C17H24N2O3/c1-5-13-16(20)19(12(4)17(21)22-10-11(2)3)15-9-7-6-8-14(15)18-13/h6-9,11-13,18H,5,10H2,1-4H3. The van der Waals surface area contributed by atoms with Crippen molar-refractivity contribution in [2.45, 2.75) is 46.2 Å². The van der Waals surface area contributed by atoms with Crippen LogP contribution in [0.1, 0.15) is 34.1 Å². The highest BCUT2D eigenvalue weighted by Crippen LogP contribution is 2.33. The van der Waals surface area contributed by atoms with E-state index in [0.29, 0.717) is 13.0 Å². The van der Waals surface area contributed by atoms with Crippen molar-refractivity contribution in [1.82, 2.24) is 0 Å². The van der Waals surface area contributed by atoms with Gasteiger partial charge >= 0.3 is 5.97 Å². The van der Waals surface area contributed by atoms with Crippen LogP contribution in [0.15, 0.2) is 24.3 Å². The summed E-state index contributed by atoms with van der Waals surface area (Å²) in [6.45, 7) is 7.99. The van der Waals surface area contributed by atoms with E-state index < -0.39 is 6.04 Å². The fourth-order valence-electron chi connectivity index (χ4n) is 2.49. The maximum absolute atomic E-state index is 12.7. The fraction of sp³-hybridized carbons (Fsp3) is 0.529. The molecule has 2 unspecified atom stereocenters. The molecule has 5 nitrogen and oxygen atoms in total. The molecule has 1 aliphatic rings. The number of nitrogens with zero attached hydrogens (tertiary/aromatic N) is 1. The van der Waals surface area contributed by atoms with Crippen LogP contribution in [0.5, 0.6) is 0 Å². The van der Waals surface area contributed by atoms with E-state index in [9.17, 15) is 9.59 Å². The summed E-state index contributed by atoms with van der Waals surface area (Å²) in [4.78, 5) is 26.5. The summed E-state index contributed by atoms with van der Waals surface area (Å²) < 4.78 is 5.30. The van der Waals surface area contributed by atoms with Crippen LogP contribution in [-0.4, -0.2) is 30.6 Å². The number of esters is 1. The average molecular weight is 304 g/mol. The lowest BCUT2D eigenvalue weighted by Gasteiger charge is -2.37. The van der Waals surface area contributed by atoms with Gasteiger partial charge in [-0.3, -0.25) is 9.69 Å². The number of amides is 1. The Labute approximate surface area is 131 Å². The Balaban J connectivity index is 2.27. The average Bonchev–Trinajstić information content (AvgIpc) is 2.51. The summed E-state index contributed by atoms with van der Waals surface area (Å²) in [5.41, 5.74) is 1.60. The lowest BCUT2D eigenvalue weighted by molar-refractivity contribution is -0.147. The first-order valence-electron chi connectivity index (χ1n) is 7.81. The second-order valence-corrected chi connectivity index (χ2v) is 6.03. The lowest BCUT2D eigenvalue weighted by Crippen LogP contribution is -2.53. The van der Waals surface area contributed by atoms with Gasteiger partial charge < -0.3 is 10.1 Å². The third-order valence-electron chi connectivity index (χ3n) is 3.72. The first kappa shape index (κ1) is 16.3. The minimum atomic E-state index is -0.636. The molecule has 2 rings (SSSR count). The number of nitrogens with one attached hydrogen (secondary N) is 1. The highest BCUT2D eigenvalue weighted by molar-refractivity contribution is 6.08. The molecule has 0 saturated heterocycles. The molecule has 1 aromatic rings. The van der Waals surface area contributed by atoms with Gasteiger partial charge in [0.2, 0.25) is 5.91 Å². The van der Waals surface area contributed by atoms with E-state index in [1.165, 1.54) is 0 Å². The second kappa shape index (κ2) is 6.81. The monoisotopic (exact) mass is 304 g/mol. The molecular weight excluding hydrogens is 280 g/mol. The van der Waals surface area contributed by atoms with Crippen LogP contribution in [0.25, 0.3) is 0 Å². The van der Waals surface area contributed by atoms with E-state index in [0.717, 1.165) is 11.4 Å². The van der Waals surface area contributed by atoms with Gasteiger partial charge in [-0.15, -0.1) is 0 Å². The zero-order valence-electron chi connectivity index (χ0n) is 13.6. The van der Waals surface area contributed by atoms with Gasteiger partial charge in [-0.1, -0.05) is 32.9 Å². The number of anilines is 2. The number of carbonyl (C=O) groups excluding carboxylic acids is 2. The molecule has 22 heavy (non-hydrogen) atoms. The minimum absolute atomic E-state index is 0.0878. The van der Waals surface area contributed by atoms with E-state index in [-0.39, 0.29) is 23.8 Å². The van der Waals surface area contributed by atoms with Crippen LogP contribution in [0.4, 0.5) is 11.4 Å². The summed E-state index contributed by atoms with van der Waals surface area (Å²) in [6.07, 6.45) is 0.664. The Morgan fingerprint density at radius 3 is 2.64 bits per heavy atom. The summed E-state index contributed by atoms with van der Waals surface area (Å²) in [7, 11) is 0. The first-order valence-corrected chi connectivity index (χ1v) is 7.81. The Bertz CT molecular complexity index is 557. The van der Waals surface area contributed by atoms with Gasteiger partial charge in [-0.05, 0) is 31.4 Å². The number of hydrogen-bond donors (Lipinski definition) is 1.